The summed E-state index contributed by atoms with van der Waals surface area (Å²) in [6.45, 7) is 1.93. The van der Waals surface area contributed by atoms with Crippen LogP contribution in [0.1, 0.15) is 6.92 Å². The summed E-state index contributed by atoms with van der Waals surface area (Å²) in [4.78, 5) is 0.754. The zero-order valence-electron chi connectivity index (χ0n) is 8.01. The van der Waals surface area contributed by atoms with Crippen LogP contribution < -0.4 is 0 Å². The standard InChI is InChI=1S/C11H9F3S/c1-7-6-15-10-5-8(11(12,13)14)3-2-4-9(7)10/h2-6,9H,1H3. The highest BCUT2D eigenvalue weighted by atomic mass is 32.2. The van der Waals surface area contributed by atoms with Crippen LogP contribution in [0, 0.1) is 5.92 Å². The number of halogens is 3. The van der Waals surface area contributed by atoms with Crippen molar-refractivity contribution in [1.82, 2.24) is 0 Å². The van der Waals surface area contributed by atoms with Crippen molar-refractivity contribution in [2.45, 2.75) is 13.1 Å². The lowest BCUT2D eigenvalue weighted by Crippen LogP contribution is -2.10. The molecule has 0 radical (unpaired) electrons. The average Bonchev–Trinajstić information content (AvgIpc) is 2.38. The SMILES string of the molecule is CC1=CSC2=CC(C(F)(F)F)=CC=CC12. The minimum atomic E-state index is -4.26. The molecule has 0 saturated heterocycles. The number of hydrogen-bond donors (Lipinski definition) is 0. The maximum atomic E-state index is 12.5. The largest absolute Gasteiger partial charge is 0.416 e. The number of hydrogen-bond acceptors (Lipinski definition) is 1. The summed E-state index contributed by atoms with van der Waals surface area (Å²) in [5.74, 6) is 0.0334. The van der Waals surface area contributed by atoms with Crippen LogP contribution in [0.2, 0.25) is 0 Å². The molecule has 0 aromatic carbocycles. The molecule has 1 aliphatic carbocycles. The van der Waals surface area contributed by atoms with Crippen molar-refractivity contribution in [3.8, 4) is 0 Å². The van der Waals surface area contributed by atoms with Gasteiger partial charge in [0.15, 0.2) is 0 Å². The molecule has 80 valence electrons. The smallest absolute Gasteiger partial charge is 0.166 e. The molecule has 0 aromatic rings. The van der Waals surface area contributed by atoms with Crippen molar-refractivity contribution in [2.24, 2.45) is 5.92 Å². The van der Waals surface area contributed by atoms with Crippen LogP contribution in [-0.2, 0) is 0 Å². The molecule has 1 atom stereocenters. The molecule has 0 saturated carbocycles. The third-order valence-corrected chi connectivity index (χ3v) is 3.52. The highest BCUT2D eigenvalue weighted by molar-refractivity contribution is 8.06. The molecule has 0 spiro atoms. The molecule has 0 aromatic heterocycles. The van der Waals surface area contributed by atoms with Crippen LogP contribution in [0.15, 0.2) is 45.8 Å². The summed E-state index contributed by atoms with van der Waals surface area (Å²) in [7, 11) is 0. The van der Waals surface area contributed by atoms with E-state index in [1.165, 1.54) is 23.9 Å². The van der Waals surface area contributed by atoms with E-state index in [4.69, 9.17) is 0 Å². The lowest BCUT2D eigenvalue weighted by Gasteiger charge is -2.09. The van der Waals surface area contributed by atoms with Crippen LogP contribution in [0.3, 0.4) is 0 Å². The van der Waals surface area contributed by atoms with Gasteiger partial charge in [0, 0.05) is 10.8 Å². The first-order valence-corrected chi connectivity index (χ1v) is 5.37. The molecule has 0 nitrogen and oxygen atoms in total. The van der Waals surface area contributed by atoms with Crippen LogP contribution in [0.5, 0.6) is 0 Å². The molecule has 0 N–H and O–H groups in total. The normalized spacial score (nSPS) is 25.3. The number of rotatable bonds is 0. The number of thioether (sulfide) groups is 1. The van der Waals surface area contributed by atoms with Crippen LogP contribution >= 0.6 is 11.8 Å². The van der Waals surface area contributed by atoms with Crippen LogP contribution in [0.25, 0.3) is 0 Å². The van der Waals surface area contributed by atoms with E-state index >= 15 is 0 Å². The topological polar surface area (TPSA) is 0 Å². The zero-order chi connectivity index (χ0) is 11.1. The van der Waals surface area contributed by atoms with Crippen molar-refractivity contribution >= 4 is 11.8 Å². The summed E-state index contributed by atoms with van der Waals surface area (Å²) in [5.41, 5.74) is 0.520. The van der Waals surface area contributed by atoms with E-state index < -0.39 is 11.7 Å². The summed E-state index contributed by atoms with van der Waals surface area (Å²) < 4.78 is 37.5. The lowest BCUT2D eigenvalue weighted by atomic mass is 10.0. The van der Waals surface area contributed by atoms with Gasteiger partial charge in [0.2, 0.25) is 0 Å². The summed E-state index contributed by atoms with van der Waals surface area (Å²) >= 11 is 1.37. The van der Waals surface area contributed by atoms with Crippen molar-refractivity contribution in [3.63, 3.8) is 0 Å². The van der Waals surface area contributed by atoms with Gasteiger partial charge in [0.05, 0.1) is 5.57 Å². The van der Waals surface area contributed by atoms with Gasteiger partial charge in [0.25, 0.3) is 0 Å². The first kappa shape index (κ1) is 10.6. The zero-order valence-corrected chi connectivity index (χ0v) is 8.82. The van der Waals surface area contributed by atoms with Crippen molar-refractivity contribution < 1.29 is 13.2 Å². The third kappa shape index (κ3) is 2.04. The van der Waals surface area contributed by atoms with Crippen LogP contribution in [0.4, 0.5) is 13.2 Å². The van der Waals surface area contributed by atoms with E-state index in [2.05, 4.69) is 0 Å². The van der Waals surface area contributed by atoms with Gasteiger partial charge >= 0.3 is 6.18 Å². The van der Waals surface area contributed by atoms with E-state index in [1.54, 1.807) is 6.08 Å². The first-order chi connectivity index (χ1) is 6.98. The quantitative estimate of drug-likeness (QED) is 0.601. The maximum Gasteiger partial charge on any atom is 0.416 e. The maximum absolute atomic E-state index is 12.5. The van der Waals surface area contributed by atoms with Crippen molar-refractivity contribution in [3.05, 3.63) is 45.8 Å². The van der Waals surface area contributed by atoms with E-state index in [9.17, 15) is 13.2 Å². The molecular formula is C11H9F3S. The Morgan fingerprint density at radius 3 is 2.73 bits per heavy atom. The Bertz CT molecular complexity index is 397. The molecule has 0 bridgehead atoms. The Morgan fingerprint density at radius 1 is 1.33 bits per heavy atom. The second-order valence-electron chi connectivity index (χ2n) is 3.51. The molecule has 0 fully saturated rings. The van der Waals surface area contributed by atoms with E-state index in [-0.39, 0.29) is 5.92 Å². The number of fused-ring (bicyclic) bond motifs is 1. The number of alkyl halides is 3. The fourth-order valence-electron chi connectivity index (χ4n) is 1.55. The Balaban J connectivity index is 2.36. The molecule has 15 heavy (non-hydrogen) atoms. The third-order valence-electron chi connectivity index (χ3n) is 2.38. The monoisotopic (exact) mass is 230 g/mol. The predicted octanol–water partition coefficient (Wildman–Crippen LogP) is 4.20. The molecule has 0 amide bonds. The van der Waals surface area contributed by atoms with E-state index in [0.717, 1.165) is 16.6 Å². The van der Waals surface area contributed by atoms with Crippen LogP contribution in [-0.4, -0.2) is 6.18 Å². The van der Waals surface area contributed by atoms with Gasteiger partial charge in [-0.2, -0.15) is 13.2 Å². The van der Waals surface area contributed by atoms with Crippen molar-refractivity contribution in [1.29, 1.82) is 0 Å². The number of allylic oxidation sites excluding steroid dienone is 7. The highest BCUT2D eigenvalue weighted by Crippen LogP contribution is 2.43. The van der Waals surface area contributed by atoms with Gasteiger partial charge in [-0.3, -0.25) is 0 Å². The van der Waals surface area contributed by atoms with E-state index in [1.807, 2.05) is 12.3 Å². The molecule has 1 unspecified atom stereocenters. The molecular weight excluding hydrogens is 221 g/mol. The fraction of sp³-hybridized carbons (Fsp3) is 0.273. The minimum Gasteiger partial charge on any atom is -0.166 e. The second kappa shape index (κ2) is 3.59. The van der Waals surface area contributed by atoms with E-state index in [0.29, 0.717) is 0 Å². The summed E-state index contributed by atoms with van der Waals surface area (Å²) in [5, 5.41) is 1.90. The minimum absolute atomic E-state index is 0.0334. The Morgan fingerprint density at radius 2 is 2.07 bits per heavy atom. The van der Waals surface area contributed by atoms with Gasteiger partial charge in [-0.05, 0) is 18.4 Å². The van der Waals surface area contributed by atoms with Gasteiger partial charge in [-0.1, -0.05) is 23.8 Å². The Labute approximate surface area is 90.2 Å². The summed E-state index contributed by atoms with van der Waals surface area (Å²) in [6, 6.07) is 0. The van der Waals surface area contributed by atoms with Crippen molar-refractivity contribution in [2.75, 3.05) is 0 Å². The van der Waals surface area contributed by atoms with Gasteiger partial charge in [-0.25, -0.2) is 0 Å². The van der Waals surface area contributed by atoms with Gasteiger partial charge in [0.1, 0.15) is 0 Å². The molecule has 1 heterocycles. The Hall–Kier alpha value is -0.900. The lowest BCUT2D eigenvalue weighted by molar-refractivity contribution is -0.0881. The molecule has 2 aliphatic rings. The fourth-order valence-corrected chi connectivity index (χ4v) is 2.63. The van der Waals surface area contributed by atoms with Gasteiger partial charge in [-0.15, -0.1) is 11.8 Å². The summed E-state index contributed by atoms with van der Waals surface area (Å²) in [6.07, 6.45) is 1.39. The van der Waals surface area contributed by atoms with Gasteiger partial charge < -0.3 is 0 Å². The molecule has 4 heteroatoms. The average molecular weight is 230 g/mol. The Kier molecular flexibility index (Phi) is 2.54. The first-order valence-electron chi connectivity index (χ1n) is 4.49. The highest BCUT2D eigenvalue weighted by Gasteiger charge is 2.34. The molecule has 1 aliphatic heterocycles. The second-order valence-corrected chi connectivity index (χ2v) is 4.45. The predicted molar refractivity (Wildman–Crippen MR) is 56.2 cm³/mol. The molecule has 2 rings (SSSR count).